The lowest BCUT2D eigenvalue weighted by Gasteiger charge is -2.19. The molecule has 1 amide bonds. The number of nitrogens with one attached hydrogen (secondary N) is 1. The number of carboxylic acids is 1. The molecule has 9 heteroatoms. The molecule has 0 aliphatic carbocycles. The normalized spacial score (nSPS) is 13.1. The molecule has 0 bridgehead atoms. The molecule has 1 aliphatic heterocycles. The fourth-order valence-electron chi connectivity index (χ4n) is 2.91. The number of amides is 1. The van der Waals surface area contributed by atoms with Gasteiger partial charge in [0.05, 0.1) is 17.4 Å². The molecule has 0 fully saturated rings. The Labute approximate surface area is 185 Å². The van der Waals surface area contributed by atoms with Crippen molar-refractivity contribution in [3.8, 4) is 17.2 Å². The van der Waals surface area contributed by atoms with Crippen molar-refractivity contribution >= 4 is 23.3 Å². The van der Waals surface area contributed by atoms with E-state index in [9.17, 15) is 14.7 Å². The fourth-order valence-corrected chi connectivity index (χ4v) is 2.91. The van der Waals surface area contributed by atoms with Crippen LogP contribution in [0.4, 0.5) is 5.69 Å². The molecule has 1 heterocycles. The van der Waals surface area contributed by atoms with Gasteiger partial charge in [-0.2, -0.15) is 0 Å². The van der Waals surface area contributed by atoms with Crippen molar-refractivity contribution in [2.75, 3.05) is 25.1 Å². The number of carbonyl (C=O) groups is 2. The largest absolute Gasteiger partial charge is 0.491 e. The molecule has 32 heavy (non-hydrogen) atoms. The number of anilines is 1. The van der Waals surface area contributed by atoms with E-state index in [-0.39, 0.29) is 30.8 Å². The van der Waals surface area contributed by atoms with Crippen molar-refractivity contribution in [3.63, 3.8) is 0 Å². The maximum Gasteiger partial charge on any atom is 0.335 e. The average Bonchev–Trinajstić information content (AvgIpc) is 2.75. The van der Waals surface area contributed by atoms with Crippen molar-refractivity contribution in [2.24, 2.45) is 5.16 Å². The summed E-state index contributed by atoms with van der Waals surface area (Å²) in [6.45, 7) is 6.06. The first-order chi connectivity index (χ1) is 15.4. The molecule has 2 aromatic carbocycles. The second kappa shape index (κ2) is 10.5. The van der Waals surface area contributed by atoms with Gasteiger partial charge in [0.25, 0.3) is 5.91 Å². The Bertz CT molecular complexity index is 1020. The molecule has 0 aromatic heterocycles. The van der Waals surface area contributed by atoms with Crippen LogP contribution < -0.4 is 19.5 Å². The Morgan fingerprint density at radius 3 is 2.69 bits per heavy atom. The standard InChI is InChI=1S/C23H26N2O7/c1-4-7-31-25-20(15-5-6-21-19(10-15)24-22(26)13-30-21)12-29-17-8-16(23(27)28)9-18(11-17)32-14(2)3/h5-6,8-11,14H,4,7,12-13H2,1-3H3,(H,24,26)(H,27,28). The Kier molecular flexibility index (Phi) is 7.54. The summed E-state index contributed by atoms with van der Waals surface area (Å²) in [4.78, 5) is 28.5. The predicted octanol–water partition coefficient (Wildman–Crippen LogP) is 3.71. The molecule has 0 atom stereocenters. The SMILES string of the molecule is CCCON=C(COc1cc(OC(C)C)cc(C(=O)O)c1)c1ccc2c(c1)NC(=O)CO2. The summed E-state index contributed by atoms with van der Waals surface area (Å²) < 4.78 is 16.9. The Morgan fingerprint density at radius 2 is 1.97 bits per heavy atom. The monoisotopic (exact) mass is 442 g/mol. The van der Waals surface area contributed by atoms with Crippen LogP contribution >= 0.6 is 0 Å². The van der Waals surface area contributed by atoms with Crippen LogP contribution in [0.25, 0.3) is 0 Å². The van der Waals surface area contributed by atoms with Crippen molar-refractivity contribution in [1.29, 1.82) is 0 Å². The number of rotatable bonds is 10. The molecule has 1 aliphatic rings. The summed E-state index contributed by atoms with van der Waals surface area (Å²) >= 11 is 0. The molecule has 0 saturated carbocycles. The number of aromatic carboxylic acids is 1. The van der Waals surface area contributed by atoms with E-state index < -0.39 is 5.97 Å². The fraction of sp³-hybridized carbons (Fsp3) is 0.348. The van der Waals surface area contributed by atoms with Crippen molar-refractivity contribution < 1.29 is 33.7 Å². The number of nitrogens with zero attached hydrogens (tertiary/aromatic N) is 1. The van der Waals surface area contributed by atoms with Crippen molar-refractivity contribution in [2.45, 2.75) is 33.3 Å². The first-order valence-electron chi connectivity index (χ1n) is 10.3. The summed E-state index contributed by atoms with van der Waals surface area (Å²) in [5, 5.41) is 16.3. The Hall–Kier alpha value is -3.75. The van der Waals surface area contributed by atoms with Gasteiger partial charge < -0.3 is 29.5 Å². The molecule has 0 unspecified atom stereocenters. The molecule has 0 radical (unpaired) electrons. The second-order valence-electron chi connectivity index (χ2n) is 7.37. The van der Waals surface area contributed by atoms with Gasteiger partial charge in [-0.05, 0) is 50.6 Å². The van der Waals surface area contributed by atoms with E-state index in [0.29, 0.717) is 40.8 Å². The molecule has 3 rings (SSSR count). The zero-order valence-electron chi connectivity index (χ0n) is 18.2. The number of ether oxygens (including phenoxy) is 3. The third-order valence-electron chi connectivity index (χ3n) is 4.29. The summed E-state index contributed by atoms with van der Waals surface area (Å²) in [6, 6.07) is 9.73. The topological polar surface area (TPSA) is 116 Å². The van der Waals surface area contributed by atoms with E-state index >= 15 is 0 Å². The molecule has 2 N–H and O–H groups in total. The molecular formula is C23H26N2O7. The van der Waals surface area contributed by atoms with Gasteiger partial charge in [-0.3, -0.25) is 4.79 Å². The number of oxime groups is 1. The number of carbonyl (C=O) groups excluding carboxylic acids is 1. The van der Waals surface area contributed by atoms with Gasteiger partial charge in [0, 0.05) is 11.6 Å². The first-order valence-corrected chi connectivity index (χ1v) is 10.3. The van der Waals surface area contributed by atoms with Crippen molar-refractivity contribution in [3.05, 3.63) is 47.5 Å². The van der Waals surface area contributed by atoms with Crippen LogP contribution in [0.2, 0.25) is 0 Å². The number of benzene rings is 2. The summed E-state index contributed by atoms with van der Waals surface area (Å²) in [7, 11) is 0. The van der Waals surface area contributed by atoms with Gasteiger partial charge in [-0.1, -0.05) is 12.1 Å². The minimum Gasteiger partial charge on any atom is -0.491 e. The zero-order valence-corrected chi connectivity index (χ0v) is 18.2. The third-order valence-corrected chi connectivity index (χ3v) is 4.29. The average molecular weight is 442 g/mol. The van der Waals surface area contributed by atoms with Gasteiger partial charge in [0.2, 0.25) is 0 Å². The Balaban J connectivity index is 1.85. The van der Waals surface area contributed by atoms with E-state index in [2.05, 4.69) is 10.5 Å². The highest BCUT2D eigenvalue weighted by atomic mass is 16.6. The zero-order chi connectivity index (χ0) is 23.1. The molecule has 0 saturated heterocycles. The number of hydrogen-bond donors (Lipinski definition) is 2. The Morgan fingerprint density at radius 1 is 1.19 bits per heavy atom. The van der Waals surface area contributed by atoms with Gasteiger partial charge in [-0.25, -0.2) is 4.79 Å². The van der Waals surface area contributed by atoms with E-state index in [4.69, 9.17) is 19.0 Å². The lowest BCUT2D eigenvalue weighted by molar-refractivity contribution is -0.118. The van der Waals surface area contributed by atoms with Crippen LogP contribution in [0.1, 0.15) is 43.1 Å². The lowest BCUT2D eigenvalue weighted by atomic mass is 10.1. The second-order valence-corrected chi connectivity index (χ2v) is 7.37. The van der Waals surface area contributed by atoms with Crippen LogP contribution in [0.5, 0.6) is 17.2 Å². The minimum absolute atomic E-state index is 0.00148. The van der Waals surface area contributed by atoms with Gasteiger partial charge in [0.1, 0.15) is 36.2 Å². The van der Waals surface area contributed by atoms with Crippen LogP contribution in [-0.4, -0.2) is 48.6 Å². The lowest BCUT2D eigenvalue weighted by Crippen LogP contribution is -2.25. The number of fused-ring (bicyclic) bond motifs is 1. The number of carboxylic acid groups (broad SMARTS) is 1. The van der Waals surface area contributed by atoms with Crippen LogP contribution in [-0.2, 0) is 9.63 Å². The van der Waals surface area contributed by atoms with E-state index in [1.807, 2.05) is 20.8 Å². The quantitative estimate of drug-likeness (QED) is 0.327. The van der Waals surface area contributed by atoms with Crippen LogP contribution in [0.15, 0.2) is 41.6 Å². The van der Waals surface area contributed by atoms with E-state index in [1.54, 1.807) is 24.3 Å². The highest BCUT2D eigenvalue weighted by Gasteiger charge is 2.18. The molecular weight excluding hydrogens is 416 g/mol. The maximum atomic E-state index is 11.6. The highest BCUT2D eigenvalue weighted by molar-refractivity contribution is 6.04. The van der Waals surface area contributed by atoms with E-state index in [1.165, 1.54) is 12.1 Å². The van der Waals surface area contributed by atoms with Crippen molar-refractivity contribution in [1.82, 2.24) is 0 Å². The third kappa shape index (κ3) is 6.13. The summed E-state index contributed by atoms with van der Waals surface area (Å²) in [6.07, 6.45) is 0.654. The van der Waals surface area contributed by atoms with Crippen LogP contribution in [0.3, 0.4) is 0 Å². The maximum absolute atomic E-state index is 11.6. The van der Waals surface area contributed by atoms with Gasteiger partial charge in [0.15, 0.2) is 6.61 Å². The summed E-state index contributed by atoms with van der Waals surface area (Å²) in [5.41, 5.74) is 1.71. The van der Waals surface area contributed by atoms with Gasteiger partial charge >= 0.3 is 5.97 Å². The highest BCUT2D eigenvalue weighted by Crippen LogP contribution is 2.29. The summed E-state index contributed by atoms with van der Waals surface area (Å²) in [5.74, 6) is -0.0558. The molecule has 9 nitrogen and oxygen atoms in total. The molecule has 170 valence electrons. The van der Waals surface area contributed by atoms with Crippen LogP contribution in [0, 0.1) is 0 Å². The first kappa shape index (κ1) is 22.9. The number of hydrogen-bond acceptors (Lipinski definition) is 7. The van der Waals surface area contributed by atoms with E-state index in [0.717, 1.165) is 6.42 Å². The predicted molar refractivity (Wildman–Crippen MR) is 118 cm³/mol. The smallest absolute Gasteiger partial charge is 0.335 e. The minimum atomic E-state index is -1.09. The van der Waals surface area contributed by atoms with Gasteiger partial charge in [-0.15, -0.1) is 0 Å². The molecule has 0 spiro atoms. The molecule has 2 aromatic rings.